The average Bonchev–Trinajstić information content (AvgIpc) is 2.47. The van der Waals surface area contributed by atoms with Crippen LogP contribution in [-0.4, -0.2) is 59.5 Å². The van der Waals surface area contributed by atoms with Crippen LogP contribution in [0, 0.1) is 0 Å². The van der Waals surface area contributed by atoms with Gasteiger partial charge in [0.15, 0.2) is 0 Å². The van der Waals surface area contributed by atoms with E-state index in [2.05, 4.69) is 0 Å². The van der Waals surface area contributed by atoms with E-state index in [1.54, 1.807) is 34.7 Å². The summed E-state index contributed by atoms with van der Waals surface area (Å²) in [5.74, 6) is 0. The molecule has 94 valence electrons. The molecule has 16 heavy (non-hydrogen) atoms. The van der Waals surface area contributed by atoms with Gasteiger partial charge in [-0.2, -0.15) is 0 Å². The van der Waals surface area contributed by atoms with Gasteiger partial charge < -0.3 is 23.7 Å². The Hall–Kier alpha value is -0.620. The van der Waals surface area contributed by atoms with Crippen LogP contribution in [0.15, 0.2) is 12.3 Å². The highest BCUT2D eigenvalue weighted by molar-refractivity contribution is 4.99. The maximum Gasteiger partial charge on any atom is 0.150 e. The third-order valence-corrected chi connectivity index (χ3v) is 2.68. The molecule has 1 heterocycles. The Bertz CT molecular complexity index is 218. The molecule has 0 spiro atoms. The molecule has 0 bridgehead atoms. The largest absolute Gasteiger partial charge is 0.493 e. The van der Waals surface area contributed by atoms with Gasteiger partial charge in [0.1, 0.15) is 24.4 Å². The van der Waals surface area contributed by atoms with Gasteiger partial charge in [-0.3, -0.25) is 0 Å². The lowest BCUT2D eigenvalue weighted by Crippen LogP contribution is -2.47. The standard InChI is InChI=1S/C11H20O5/c1-12-7-9-11(15-4)10(14-3)8(13-2)5-6-16-9/h5-6,8-11H,7H2,1-4H3/t8-,9+,10+,11-/m0/s1. The number of methoxy groups -OCH3 is 4. The zero-order valence-electron chi connectivity index (χ0n) is 10.2. The van der Waals surface area contributed by atoms with E-state index in [1.807, 2.05) is 6.08 Å². The lowest BCUT2D eigenvalue weighted by Gasteiger charge is -2.31. The quantitative estimate of drug-likeness (QED) is 0.694. The molecule has 0 aromatic heterocycles. The minimum atomic E-state index is -0.232. The van der Waals surface area contributed by atoms with Gasteiger partial charge in [-0.1, -0.05) is 0 Å². The first-order chi connectivity index (χ1) is 7.78. The summed E-state index contributed by atoms with van der Waals surface area (Å²) in [6.45, 7) is 0.444. The van der Waals surface area contributed by atoms with Crippen molar-refractivity contribution in [3.8, 4) is 0 Å². The zero-order valence-corrected chi connectivity index (χ0v) is 10.2. The van der Waals surface area contributed by atoms with Crippen molar-refractivity contribution in [1.82, 2.24) is 0 Å². The van der Waals surface area contributed by atoms with Gasteiger partial charge in [0.05, 0.1) is 12.9 Å². The molecule has 1 rings (SSSR count). The molecule has 0 aliphatic carbocycles. The first kappa shape index (κ1) is 13.4. The fourth-order valence-electron chi connectivity index (χ4n) is 1.87. The molecular formula is C11H20O5. The third kappa shape index (κ3) is 2.95. The molecule has 0 fully saturated rings. The molecule has 5 heteroatoms. The smallest absolute Gasteiger partial charge is 0.150 e. The van der Waals surface area contributed by atoms with Crippen molar-refractivity contribution in [1.29, 1.82) is 0 Å². The fourth-order valence-corrected chi connectivity index (χ4v) is 1.87. The van der Waals surface area contributed by atoms with E-state index in [4.69, 9.17) is 23.7 Å². The van der Waals surface area contributed by atoms with Gasteiger partial charge in [-0.05, 0) is 6.08 Å². The molecule has 1 aliphatic heterocycles. The number of ether oxygens (including phenoxy) is 5. The van der Waals surface area contributed by atoms with E-state index in [1.165, 1.54) is 0 Å². The Labute approximate surface area is 96.3 Å². The molecule has 4 atom stereocenters. The van der Waals surface area contributed by atoms with E-state index in [-0.39, 0.29) is 24.4 Å². The first-order valence-electron chi connectivity index (χ1n) is 5.18. The molecule has 1 aliphatic rings. The number of hydrogen-bond acceptors (Lipinski definition) is 5. The summed E-state index contributed by atoms with van der Waals surface area (Å²) < 4.78 is 26.8. The predicted molar refractivity (Wildman–Crippen MR) is 58.3 cm³/mol. The molecule has 0 aromatic rings. The Morgan fingerprint density at radius 3 is 2.19 bits per heavy atom. The Morgan fingerprint density at radius 1 is 1.00 bits per heavy atom. The van der Waals surface area contributed by atoms with Gasteiger partial charge in [0, 0.05) is 28.4 Å². The molecule has 0 amide bonds. The fraction of sp³-hybridized carbons (Fsp3) is 0.818. The normalized spacial score (nSPS) is 34.5. The van der Waals surface area contributed by atoms with Crippen LogP contribution in [0.3, 0.4) is 0 Å². The summed E-state index contributed by atoms with van der Waals surface area (Å²) in [6, 6.07) is 0. The lowest BCUT2D eigenvalue weighted by molar-refractivity contribution is -0.135. The van der Waals surface area contributed by atoms with Gasteiger partial charge in [-0.25, -0.2) is 0 Å². The van der Waals surface area contributed by atoms with Gasteiger partial charge >= 0.3 is 0 Å². The van der Waals surface area contributed by atoms with E-state index < -0.39 is 0 Å². The topological polar surface area (TPSA) is 46.2 Å². The van der Waals surface area contributed by atoms with Crippen LogP contribution in [0.5, 0.6) is 0 Å². The van der Waals surface area contributed by atoms with Crippen LogP contribution in [0.2, 0.25) is 0 Å². The summed E-state index contributed by atoms with van der Waals surface area (Å²) in [7, 11) is 6.51. The Kier molecular flexibility index (Phi) is 5.76. The summed E-state index contributed by atoms with van der Waals surface area (Å²) in [6.07, 6.45) is 2.60. The van der Waals surface area contributed by atoms with Crippen molar-refractivity contribution in [2.75, 3.05) is 35.0 Å². The zero-order chi connectivity index (χ0) is 12.0. The summed E-state index contributed by atoms with van der Waals surface area (Å²) in [4.78, 5) is 0. The minimum Gasteiger partial charge on any atom is -0.493 e. The van der Waals surface area contributed by atoms with Gasteiger partial charge in [0.25, 0.3) is 0 Å². The molecule has 0 saturated heterocycles. The lowest BCUT2D eigenvalue weighted by atomic mass is 10.0. The molecule has 0 saturated carbocycles. The highest BCUT2D eigenvalue weighted by atomic mass is 16.6. The van der Waals surface area contributed by atoms with Crippen LogP contribution in [0.25, 0.3) is 0 Å². The van der Waals surface area contributed by atoms with Gasteiger partial charge in [0.2, 0.25) is 0 Å². The molecule has 0 radical (unpaired) electrons. The van der Waals surface area contributed by atoms with E-state index in [0.29, 0.717) is 6.61 Å². The van der Waals surface area contributed by atoms with E-state index in [0.717, 1.165) is 0 Å². The first-order valence-corrected chi connectivity index (χ1v) is 5.18. The highest BCUT2D eigenvalue weighted by Gasteiger charge is 2.37. The Balaban J connectivity index is 2.81. The molecule has 0 unspecified atom stereocenters. The van der Waals surface area contributed by atoms with Crippen LogP contribution < -0.4 is 0 Å². The van der Waals surface area contributed by atoms with Crippen molar-refractivity contribution in [3.05, 3.63) is 12.3 Å². The Morgan fingerprint density at radius 2 is 1.69 bits per heavy atom. The number of rotatable bonds is 5. The van der Waals surface area contributed by atoms with Crippen LogP contribution in [0.4, 0.5) is 0 Å². The van der Waals surface area contributed by atoms with E-state index >= 15 is 0 Å². The second-order valence-corrected chi connectivity index (χ2v) is 3.56. The predicted octanol–water partition coefficient (Wildman–Crippen LogP) is 0.590. The molecule has 0 N–H and O–H groups in total. The maximum atomic E-state index is 5.52. The SMILES string of the molecule is COC[C@H]1OC=C[C@H](OC)[C@@H](OC)[C@H]1OC. The van der Waals surface area contributed by atoms with Crippen molar-refractivity contribution >= 4 is 0 Å². The molecular weight excluding hydrogens is 212 g/mol. The second kappa shape index (κ2) is 6.85. The summed E-state index contributed by atoms with van der Waals surface area (Å²) in [5, 5.41) is 0. The van der Waals surface area contributed by atoms with Crippen molar-refractivity contribution in [3.63, 3.8) is 0 Å². The minimum absolute atomic E-state index is 0.184. The van der Waals surface area contributed by atoms with Crippen molar-refractivity contribution in [2.45, 2.75) is 24.4 Å². The van der Waals surface area contributed by atoms with Crippen LogP contribution in [0.1, 0.15) is 0 Å². The monoisotopic (exact) mass is 232 g/mol. The average molecular weight is 232 g/mol. The molecule has 5 nitrogen and oxygen atoms in total. The van der Waals surface area contributed by atoms with Crippen molar-refractivity contribution in [2.24, 2.45) is 0 Å². The number of hydrogen-bond donors (Lipinski definition) is 0. The maximum absolute atomic E-state index is 5.52. The summed E-state index contributed by atoms with van der Waals surface area (Å²) in [5.41, 5.74) is 0. The van der Waals surface area contributed by atoms with E-state index in [9.17, 15) is 0 Å². The highest BCUT2D eigenvalue weighted by Crippen LogP contribution is 2.20. The van der Waals surface area contributed by atoms with Crippen LogP contribution >= 0.6 is 0 Å². The van der Waals surface area contributed by atoms with Crippen molar-refractivity contribution < 1.29 is 23.7 Å². The second-order valence-electron chi connectivity index (χ2n) is 3.56. The third-order valence-electron chi connectivity index (χ3n) is 2.68. The van der Waals surface area contributed by atoms with Gasteiger partial charge in [-0.15, -0.1) is 0 Å². The summed E-state index contributed by atoms with van der Waals surface area (Å²) >= 11 is 0. The van der Waals surface area contributed by atoms with Crippen LogP contribution in [-0.2, 0) is 23.7 Å². The molecule has 0 aromatic carbocycles.